The summed E-state index contributed by atoms with van der Waals surface area (Å²) in [6.07, 6.45) is 7.47. The second kappa shape index (κ2) is 8.35. The highest BCUT2D eigenvalue weighted by Crippen LogP contribution is 2.38. The standard InChI is InChI=1S/C22H21N3O2S/c26-20(16-8-2-1-3-9-16)25-22-19(17-10-4-5-11-18(17)28-22)21(27)24-14-15-7-6-12-23-13-15/h1-3,6-9,12-13H,4-5,10-11,14H2,(H,24,27)(H,25,26). The molecule has 0 bridgehead atoms. The highest BCUT2D eigenvalue weighted by atomic mass is 32.1. The van der Waals surface area contributed by atoms with Crippen molar-refractivity contribution in [3.63, 3.8) is 0 Å². The SMILES string of the molecule is O=C(Nc1sc2c(c1C(=O)NCc1cccnc1)CCCC2)c1ccccc1. The first-order valence-electron chi connectivity index (χ1n) is 9.40. The Morgan fingerprint density at radius 3 is 2.61 bits per heavy atom. The zero-order valence-corrected chi connectivity index (χ0v) is 16.2. The number of hydrogen-bond acceptors (Lipinski definition) is 4. The molecule has 0 atom stereocenters. The second-order valence-electron chi connectivity index (χ2n) is 6.78. The van der Waals surface area contributed by atoms with Crippen molar-refractivity contribution in [2.24, 2.45) is 0 Å². The maximum absolute atomic E-state index is 13.0. The maximum atomic E-state index is 13.0. The number of fused-ring (bicyclic) bond motifs is 1. The van der Waals surface area contributed by atoms with E-state index in [9.17, 15) is 9.59 Å². The molecule has 2 heterocycles. The molecule has 28 heavy (non-hydrogen) atoms. The Balaban J connectivity index is 1.58. The van der Waals surface area contributed by atoms with Crippen LogP contribution in [0.25, 0.3) is 0 Å². The summed E-state index contributed by atoms with van der Waals surface area (Å²) in [6, 6.07) is 12.8. The summed E-state index contributed by atoms with van der Waals surface area (Å²) in [5, 5.41) is 6.59. The monoisotopic (exact) mass is 391 g/mol. The van der Waals surface area contributed by atoms with Gasteiger partial charge in [0.1, 0.15) is 5.00 Å². The molecule has 0 saturated carbocycles. The lowest BCUT2D eigenvalue weighted by molar-refractivity contribution is 0.0951. The lowest BCUT2D eigenvalue weighted by Gasteiger charge is -2.13. The molecule has 0 aliphatic heterocycles. The zero-order chi connectivity index (χ0) is 19.3. The first-order valence-corrected chi connectivity index (χ1v) is 10.2. The third-order valence-corrected chi connectivity index (χ3v) is 6.04. The van der Waals surface area contributed by atoms with Crippen molar-refractivity contribution in [3.05, 3.63) is 82.0 Å². The summed E-state index contributed by atoms with van der Waals surface area (Å²) in [6.45, 7) is 0.406. The van der Waals surface area contributed by atoms with Crippen LogP contribution in [0.2, 0.25) is 0 Å². The van der Waals surface area contributed by atoms with E-state index in [1.165, 1.54) is 16.2 Å². The van der Waals surface area contributed by atoms with Gasteiger partial charge in [-0.3, -0.25) is 14.6 Å². The number of amides is 2. The van der Waals surface area contributed by atoms with Crippen LogP contribution in [0.15, 0.2) is 54.9 Å². The molecule has 2 N–H and O–H groups in total. The van der Waals surface area contributed by atoms with Gasteiger partial charge in [0.15, 0.2) is 0 Å². The number of carbonyl (C=O) groups excluding carboxylic acids is 2. The van der Waals surface area contributed by atoms with Crippen molar-refractivity contribution in [1.82, 2.24) is 10.3 Å². The number of thiophene rings is 1. The van der Waals surface area contributed by atoms with Crippen LogP contribution < -0.4 is 10.6 Å². The number of hydrogen-bond donors (Lipinski definition) is 2. The largest absolute Gasteiger partial charge is 0.348 e. The van der Waals surface area contributed by atoms with Gasteiger partial charge in [0, 0.05) is 29.4 Å². The van der Waals surface area contributed by atoms with Gasteiger partial charge in [-0.15, -0.1) is 11.3 Å². The topological polar surface area (TPSA) is 71.1 Å². The summed E-state index contributed by atoms with van der Waals surface area (Å²) in [5.41, 5.74) is 3.22. The van der Waals surface area contributed by atoms with Gasteiger partial charge in [0.2, 0.25) is 0 Å². The van der Waals surface area contributed by atoms with Gasteiger partial charge in [-0.1, -0.05) is 24.3 Å². The average molecular weight is 391 g/mol. The highest BCUT2D eigenvalue weighted by Gasteiger charge is 2.26. The van der Waals surface area contributed by atoms with Crippen LogP contribution in [0.1, 0.15) is 49.6 Å². The summed E-state index contributed by atoms with van der Waals surface area (Å²) < 4.78 is 0. The van der Waals surface area contributed by atoms with Crippen LogP contribution >= 0.6 is 11.3 Å². The second-order valence-corrected chi connectivity index (χ2v) is 7.88. The van der Waals surface area contributed by atoms with Gasteiger partial charge >= 0.3 is 0 Å². The van der Waals surface area contributed by atoms with Crippen molar-refractivity contribution >= 4 is 28.2 Å². The molecule has 1 aliphatic rings. The molecule has 0 saturated heterocycles. The van der Waals surface area contributed by atoms with Crippen molar-refractivity contribution in [1.29, 1.82) is 0 Å². The molecule has 0 unspecified atom stereocenters. The van der Waals surface area contributed by atoms with Crippen molar-refractivity contribution in [3.8, 4) is 0 Å². The Bertz CT molecular complexity index is 984. The number of nitrogens with one attached hydrogen (secondary N) is 2. The molecule has 0 fully saturated rings. The molecule has 1 aliphatic carbocycles. The fourth-order valence-corrected chi connectivity index (χ4v) is 4.71. The van der Waals surface area contributed by atoms with E-state index < -0.39 is 0 Å². The fraction of sp³-hybridized carbons (Fsp3) is 0.227. The first-order chi connectivity index (χ1) is 13.7. The Morgan fingerprint density at radius 2 is 1.82 bits per heavy atom. The maximum Gasteiger partial charge on any atom is 0.256 e. The highest BCUT2D eigenvalue weighted by molar-refractivity contribution is 7.17. The Labute approximate surface area is 167 Å². The number of rotatable bonds is 5. The van der Waals surface area contributed by atoms with E-state index in [0.29, 0.717) is 22.7 Å². The number of aryl methyl sites for hydroxylation is 1. The summed E-state index contributed by atoms with van der Waals surface area (Å²) in [7, 11) is 0. The molecule has 142 valence electrons. The molecular formula is C22H21N3O2S. The van der Waals surface area contributed by atoms with Crippen LogP contribution in [0.3, 0.4) is 0 Å². The minimum Gasteiger partial charge on any atom is -0.348 e. The number of benzene rings is 1. The molecule has 0 radical (unpaired) electrons. The fourth-order valence-electron chi connectivity index (χ4n) is 3.43. The van der Waals surface area contributed by atoms with Crippen molar-refractivity contribution in [2.45, 2.75) is 32.2 Å². The zero-order valence-electron chi connectivity index (χ0n) is 15.4. The molecule has 3 aromatic rings. The minimum absolute atomic E-state index is 0.147. The van der Waals surface area contributed by atoms with Gasteiger partial charge in [-0.2, -0.15) is 0 Å². The summed E-state index contributed by atoms with van der Waals surface area (Å²) in [5.74, 6) is -0.341. The minimum atomic E-state index is -0.194. The van der Waals surface area contributed by atoms with E-state index in [4.69, 9.17) is 0 Å². The smallest absolute Gasteiger partial charge is 0.256 e. The molecule has 6 heteroatoms. The molecule has 4 rings (SSSR count). The molecule has 2 aromatic heterocycles. The number of nitrogens with zero attached hydrogens (tertiary/aromatic N) is 1. The van der Waals surface area contributed by atoms with Gasteiger partial charge in [0.25, 0.3) is 11.8 Å². The molecular weight excluding hydrogens is 370 g/mol. The van der Waals surface area contributed by atoms with Gasteiger partial charge in [0.05, 0.1) is 5.56 Å². The van der Waals surface area contributed by atoms with Crippen LogP contribution in [0.4, 0.5) is 5.00 Å². The van der Waals surface area contributed by atoms with Crippen LogP contribution in [0, 0.1) is 0 Å². The predicted octanol–water partition coefficient (Wildman–Crippen LogP) is 4.20. The van der Waals surface area contributed by atoms with Crippen LogP contribution in [-0.2, 0) is 19.4 Å². The average Bonchev–Trinajstić information content (AvgIpc) is 3.11. The quantitative estimate of drug-likeness (QED) is 0.685. The Kier molecular flexibility index (Phi) is 5.48. The summed E-state index contributed by atoms with van der Waals surface area (Å²) in [4.78, 5) is 30.9. The van der Waals surface area contributed by atoms with Crippen molar-refractivity contribution in [2.75, 3.05) is 5.32 Å². The predicted molar refractivity (Wildman–Crippen MR) is 111 cm³/mol. The van der Waals surface area contributed by atoms with E-state index in [1.807, 2.05) is 30.3 Å². The number of pyridine rings is 1. The van der Waals surface area contributed by atoms with Gasteiger partial charge in [-0.05, 0) is 55.0 Å². The van der Waals surface area contributed by atoms with Gasteiger partial charge < -0.3 is 10.6 Å². The summed E-state index contributed by atoms with van der Waals surface area (Å²) >= 11 is 1.53. The van der Waals surface area contributed by atoms with Crippen LogP contribution in [-0.4, -0.2) is 16.8 Å². The molecule has 5 nitrogen and oxygen atoms in total. The van der Waals surface area contributed by atoms with Gasteiger partial charge in [-0.25, -0.2) is 0 Å². The lowest BCUT2D eigenvalue weighted by atomic mass is 9.95. The number of aromatic nitrogens is 1. The van der Waals surface area contributed by atoms with E-state index >= 15 is 0 Å². The normalized spacial score (nSPS) is 12.9. The molecule has 2 amide bonds. The molecule has 1 aromatic carbocycles. The van der Waals surface area contributed by atoms with Crippen LogP contribution in [0.5, 0.6) is 0 Å². The lowest BCUT2D eigenvalue weighted by Crippen LogP contribution is -2.25. The first kappa shape index (κ1) is 18.4. The Hall–Kier alpha value is -2.99. The third kappa shape index (κ3) is 3.97. The number of carbonyl (C=O) groups is 2. The number of anilines is 1. The van der Waals surface area contributed by atoms with E-state index in [-0.39, 0.29) is 11.8 Å². The van der Waals surface area contributed by atoms with E-state index in [2.05, 4.69) is 15.6 Å². The Morgan fingerprint density at radius 1 is 1.00 bits per heavy atom. The third-order valence-electron chi connectivity index (χ3n) is 4.84. The van der Waals surface area contributed by atoms with E-state index in [0.717, 1.165) is 36.8 Å². The molecule has 0 spiro atoms. The van der Waals surface area contributed by atoms with E-state index in [1.54, 1.807) is 24.5 Å². The van der Waals surface area contributed by atoms with Crippen molar-refractivity contribution < 1.29 is 9.59 Å².